The maximum absolute atomic E-state index is 6.06. The lowest BCUT2D eigenvalue weighted by molar-refractivity contribution is 0.0362. The van der Waals surface area contributed by atoms with Gasteiger partial charge in [-0.15, -0.1) is 0 Å². The Morgan fingerprint density at radius 2 is 2.05 bits per heavy atom. The van der Waals surface area contributed by atoms with E-state index in [4.69, 9.17) is 5.73 Å². The smallest absolute Gasteiger partial charge is 0.0767 e. The summed E-state index contributed by atoms with van der Waals surface area (Å²) in [6, 6.07) is 8.12. The maximum atomic E-state index is 6.06. The van der Waals surface area contributed by atoms with Gasteiger partial charge in [0.1, 0.15) is 0 Å². The Morgan fingerprint density at radius 3 is 2.81 bits per heavy atom. The molecule has 1 aromatic carbocycles. The molecule has 0 saturated carbocycles. The molecule has 21 heavy (non-hydrogen) atoms. The number of pyridine rings is 1. The first kappa shape index (κ1) is 14.3. The van der Waals surface area contributed by atoms with Gasteiger partial charge < -0.3 is 5.73 Å². The fourth-order valence-corrected chi connectivity index (χ4v) is 3.10. The van der Waals surface area contributed by atoms with Gasteiger partial charge in [-0.05, 0) is 44.7 Å². The second kappa shape index (κ2) is 5.28. The SMILES string of the molecule is CN1CCN(Cc2ccc(N)c3cccnc23)CC1(C)C. The molecular weight excluding hydrogens is 260 g/mol. The van der Waals surface area contributed by atoms with E-state index in [0.717, 1.165) is 42.8 Å². The molecule has 1 aliphatic rings. The van der Waals surface area contributed by atoms with E-state index in [0.29, 0.717) is 0 Å². The van der Waals surface area contributed by atoms with Crippen LogP contribution < -0.4 is 5.73 Å². The van der Waals surface area contributed by atoms with Gasteiger partial charge in [0, 0.05) is 49.0 Å². The van der Waals surface area contributed by atoms with E-state index in [1.807, 2.05) is 18.3 Å². The van der Waals surface area contributed by atoms with E-state index in [1.165, 1.54) is 5.56 Å². The van der Waals surface area contributed by atoms with E-state index in [1.54, 1.807) is 0 Å². The number of hydrogen-bond donors (Lipinski definition) is 1. The van der Waals surface area contributed by atoms with Crippen LogP contribution in [0.4, 0.5) is 5.69 Å². The lowest BCUT2D eigenvalue weighted by Crippen LogP contribution is -2.57. The zero-order valence-corrected chi connectivity index (χ0v) is 13.1. The van der Waals surface area contributed by atoms with E-state index in [-0.39, 0.29) is 5.54 Å². The summed E-state index contributed by atoms with van der Waals surface area (Å²) in [5.74, 6) is 0. The molecule has 112 valence electrons. The Bertz CT molecular complexity index is 650. The number of hydrogen-bond acceptors (Lipinski definition) is 4. The minimum Gasteiger partial charge on any atom is -0.398 e. The van der Waals surface area contributed by atoms with Crippen LogP contribution in [0.15, 0.2) is 30.5 Å². The second-order valence-corrected chi connectivity index (χ2v) is 6.66. The highest BCUT2D eigenvalue weighted by atomic mass is 15.3. The largest absolute Gasteiger partial charge is 0.398 e. The third-order valence-electron chi connectivity index (χ3n) is 4.68. The molecule has 1 aromatic heterocycles. The number of likely N-dealkylation sites (N-methyl/N-ethyl adjacent to an activating group) is 1. The Balaban J connectivity index is 1.88. The van der Waals surface area contributed by atoms with Crippen molar-refractivity contribution in [3.8, 4) is 0 Å². The van der Waals surface area contributed by atoms with Crippen LogP contribution in [0.1, 0.15) is 19.4 Å². The number of nitrogens with zero attached hydrogens (tertiary/aromatic N) is 3. The average molecular weight is 284 g/mol. The Hall–Kier alpha value is -1.65. The molecule has 2 N–H and O–H groups in total. The number of anilines is 1. The molecule has 0 aliphatic carbocycles. The van der Waals surface area contributed by atoms with Crippen LogP contribution in [0.25, 0.3) is 10.9 Å². The number of nitrogens with two attached hydrogens (primary N) is 1. The average Bonchev–Trinajstić information content (AvgIpc) is 2.46. The van der Waals surface area contributed by atoms with Gasteiger partial charge in [-0.2, -0.15) is 0 Å². The first-order chi connectivity index (χ1) is 9.97. The van der Waals surface area contributed by atoms with Gasteiger partial charge in [0.15, 0.2) is 0 Å². The molecule has 0 unspecified atom stereocenters. The molecule has 4 heteroatoms. The summed E-state index contributed by atoms with van der Waals surface area (Å²) in [6.45, 7) is 8.82. The Labute approximate surface area is 126 Å². The van der Waals surface area contributed by atoms with Crippen LogP contribution in [-0.2, 0) is 6.54 Å². The van der Waals surface area contributed by atoms with Crippen LogP contribution in [-0.4, -0.2) is 47.0 Å². The zero-order chi connectivity index (χ0) is 15.0. The van der Waals surface area contributed by atoms with Crippen molar-refractivity contribution in [2.45, 2.75) is 25.9 Å². The van der Waals surface area contributed by atoms with Crippen molar-refractivity contribution in [2.75, 3.05) is 32.4 Å². The molecule has 3 rings (SSSR count). The van der Waals surface area contributed by atoms with E-state index in [9.17, 15) is 0 Å². The molecular formula is C17H24N4. The molecule has 4 nitrogen and oxygen atoms in total. The molecule has 1 saturated heterocycles. The molecule has 0 spiro atoms. The van der Waals surface area contributed by atoms with Crippen molar-refractivity contribution >= 4 is 16.6 Å². The molecule has 0 radical (unpaired) electrons. The molecule has 0 amide bonds. The van der Waals surface area contributed by atoms with Crippen molar-refractivity contribution in [1.29, 1.82) is 0 Å². The summed E-state index contributed by atoms with van der Waals surface area (Å²) in [5, 5.41) is 1.06. The van der Waals surface area contributed by atoms with E-state index in [2.05, 4.69) is 47.8 Å². The first-order valence-corrected chi connectivity index (χ1v) is 7.53. The van der Waals surface area contributed by atoms with E-state index < -0.39 is 0 Å². The fourth-order valence-electron chi connectivity index (χ4n) is 3.10. The summed E-state index contributed by atoms with van der Waals surface area (Å²) >= 11 is 0. The van der Waals surface area contributed by atoms with Gasteiger partial charge in [0.2, 0.25) is 0 Å². The third-order valence-corrected chi connectivity index (χ3v) is 4.68. The van der Waals surface area contributed by atoms with E-state index >= 15 is 0 Å². The normalized spacial score (nSPS) is 20.0. The van der Waals surface area contributed by atoms with Crippen molar-refractivity contribution in [3.05, 3.63) is 36.0 Å². The highest BCUT2D eigenvalue weighted by Crippen LogP contribution is 2.26. The monoisotopic (exact) mass is 284 g/mol. The highest BCUT2D eigenvalue weighted by Gasteiger charge is 2.31. The van der Waals surface area contributed by atoms with Gasteiger partial charge in [-0.1, -0.05) is 6.07 Å². The topological polar surface area (TPSA) is 45.4 Å². The third kappa shape index (κ3) is 2.74. The summed E-state index contributed by atoms with van der Waals surface area (Å²) < 4.78 is 0. The van der Waals surface area contributed by atoms with Gasteiger partial charge in [-0.3, -0.25) is 14.8 Å². The minimum absolute atomic E-state index is 0.218. The highest BCUT2D eigenvalue weighted by molar-refractivity contribution is 5.92. The first-order valence-electron chi connectivity index (χ1n) is 7.53. The Kier molecular flexibility index (Phi) is 3.59. The summed E-state index contributed by atoms with van der Waals surface area (Å²) in [4.78, 5) is 9.49. The lowest BCUT2D eigenvalue weighted by atomic mass is 9.99. The summed E-state index contributed by atoms with van der Waals surface area (Å²) in [6.07, 6.45) is 1.85. The van der Waals surface area contributed by atoms with Crippen LogP contribution in [0.5, 0.6) is 0 Å². The fraction of sp³-hybridized carbons (Fsp3) is 0.471. The second-order valence-electron chi connectivity index (χ2n) is 6.66. The maximum Gasteiger partial charge on any atom is 0.0767 e. The standard InChI is InChI=1S/C17H24N4/c1-17(2)12-21(10-9-20(17)3)11-13-6-7-15(18)14-5-4-8-19-16(13)14/h4-8H,9-12,18H2,1-3H3. The summed E-state index contributed by atoms with van der Waals surface area (Å²) in [5.41, 5.74) is 9.38. The van der Waals surface area contributed by atoms with Crippen LogP contribution >= 0.6 is 0 Å². The number of nitrogen functional groups attached to an aromatic ring is 1. The lowest BCUT2D eigenvalue weighted by Gasteiger charge is -2.45. The number of benzene rings is 1. The molecule has 2 aromatic rings. The molecule has 0 atom stereocenters. The van der Waals surface area contributed by atoms with Gasteiger partial charge in [0.25, 0.3) is 0 Å². The predicted molar refractivity (Wildman–Crippen MR) is 88.1 cm³/mol. The quantitative estimate of drug-likeness (QED) is 0.860. The number of fused-ring (bicyclic) bond motifs is 1. The van der Waals surface area contributed by atoms with Gasteiger partial charge in [0.05, 0.1) is 5.52 Å². The van der Waals surface area contributed by atoms with Gasteiger partial charge >= 0.3 is 0 Å². The van der Waals surface area contributed by atoms with Crippen LogP contribution in [0.3, 0.4) is 0 Å². The number of rotatable bonds is 2. The molecule has 1 fully saturated rings. The zero-order valence-electron chi connectivity index (χ0n) is 13.1. The molecule has 0 bridgehead atoms. The van der Waals surface area contributed by atoms with Crippen molar-refractivity contribution in [2.24, 2.45) is 0 Å². The van der Waals surface area contributed by atoms with Gasteiger partial charge in [-0.25, -0.2) is 0 Å². The molecule has 1 aliphatic heterocycles. The number of piperazine rings is 1. The minimum atomic E-state index is 0.218. The Morgan fingerprint density at radius 1 is 1.24 bits per heavy atom. The van der Waals surface area contributed by atoms with Crippen molar-refractivity contribution < 1.29 is 0 Å². The van der Waals surface area contributed by atoms with Crippen molar-refractivity contribution in [3.63, 3.8) is 0 Å². The predicted octanol–water partition coefficient (Wildman–Crippen LogP) is 2.34. The summed E-state index contributed by atoms with van der Waals surface area (Å²) in [7, 11) is 2.21. The van der Waals surface area contributed by atoms with Crippen molar-refractivity contribution in [1.82, 2.24) is 14.8 Å². The number of aromatic nitrogens is 1. The molecule has 2 heterocycles. The van der Waals surface area contributed by atoms with Crippen LogP contribution in [0, 0.1) is 0 Å². The van der Waals surface area contributed by atoms with Crippen LogP contribution in [0.2, 0.25) is 0 Å².